The zero-order valence-corrected chi connectivity index (χ0v) is 16.6. The van der Waals surface area contributed by atoms with Gasteiger partial charge in [-0.3, -0.25) is 4.79 Å². The summed E-state index contributed by atoms with van der Waals surface area (Å²) in [7, 11) is 0. The van der Waals surface area contributed by atoms with Gasteiger partial charge in [0, 0.05) is 30.8 Å². The van der Waals surface area contributed by atoms with Gasteiger partial charge in [-0.2, -0.15) is 0 Å². The van der Waals surface area contributed by atoms with Gasteiger partial charge in [0.25, 0.3) is 5.91 Å². The van der Waals surface area contributed by atoms with Crippen LogP contribution in [-0.2, 0) is 0 Å². The Morgan fingerprint density at radius 3 is 2.77 bits per heavy atom. The molecule has 0 bridgehead atoms. The molecular weight excluding hydrogens is 386 g/mol. The largest absolute Gasteiger partial charge is 0.338 e. The minimum absolute atomic E-state index is 0.0298. The highest BCUT2D eigenvalue weighted by Crippen LogP contribution is 2.28. The third-order valence-electron chi connectivity index (χ3n) is 5.34. The fourth-order valence-corrected chi connectivity index (χ4v) is 3.65. The summed E-state index contributed by atoms with van der Waals surface area (Å²) < 4.78 is 27.8. The Balaban J connectivity index is 1.50. The predicted octanol–water partition coefficient (Wildman–Crippen LogP) is 4.83. The molecule has 0 unspecified atom stereocenters. The number of halogens is 2. The van der Waals surface area contributed by atoms with Crippen molar-refractivity contribution >= 4 is 17.5 Å². The van der Waals surface area contributed by atoms with Crippen LogP contribution >= 0.6 is 0 Å². The SMILES string of the molecule is Cc1ccc(C(=O)N2CCC[C@@H](c3ccnc(Nc4ccccc4F)n3)C2)cc1F. The van der Waals surface area contributed by atoms with E-state index in [9.17, 15) is 13.6 Å². The molecule has 1 amide bonds. The summed E-state index contributed by atoms with van der Waals surface area (Å²) in [6.45, 7) is 2.78. The predicted molar refractivity (Wildman–Crippen MR) is 111 cm³/mol. The van der Waals surface area contributed by atoms with Crippen molar-refractivity contribution in [3.05, 3.63) is 83.2 Å². The molecule has 154 valence electrons. The third-order valence-corrected chi connectivity index (χ3v) is 5.34. The average molecular weight is 408 g/mol. The highest BCUT2D eigenvalue weighted by molar-refractivity contribution is 5.94. The van der Waals surface area contributed by atoms with Crippen molar-refractivity contribution in [3.8, 4) is 0 Å². The second-order valence-corrected chi connectivity index (χ2v) is 7.46. The number of hydrogen-bond donors (Lipinski definition) is 1. The van der Waals surface area contributed by atoms with Crippen molar-refractivity contribution in [2.45, 2.75) is 25.7 Å². The standard InChI is InChI=1S/C23H22F2N4O/c1-15-8-9-16(13-19(15)25)22(30)29-12-4-5-17(14-29)20-10-11-26-23(27-20)28-21-7-3-2-6-18(21)24/h2-3,6-11,13,17H,4-5,12,14H2,1H3,(H,26,27,28)/t17-/m1/s1. The smallest absolute Gasteiger partial charge is 0.253 e. The molecule has 1 N–H and O–H groups in total. The summed E-state index contributed by atoms with van der Waals surface area (Å²) in [6.07, 6.45) is 3.33. The molecule has 7 heteroatoms. The molecule has 1 fully saturated rings. The van der Waals surface area contributed by atoms with E-state index < -0.39 is 0 Å². The van der Waals surface area contributed by atoms with Crippen LogP contribution in [0.2, 0.25) is 0 Å². The molecule has 0 radical (unpaired) electrons. The van der Waals surface area contributed by atoms with Crippen molar-refractivity contribution < 1.29 is 13.6 Å². The average Bonchev–Trinajstić information content (AvgIpc) is 2.77. The van der Waals surface area contributed by atoms with Crippen LogP contribution in [0, 0.1) is 18.6 Å². The first-order valence-corrected chi connectivity index (χ1v) is 9.91. The molecule has 1 aromatic heterocycles. The molecular formula is C23H22F2N4O. The van der Waals surface area contributed by atoms with Crippen LogP contribution < -0.4 is 5.32 Å². The van der Waals surface area contributed by atoms with Crippen molar-refractivity contribution in [2.24, 2.45) is 0 Å². The number of carbonyl (C=O) groups is 1. The van der Waals surface area contributed by atoms with Gasteiger partial charge in [-0.15, -0.1) is 0 Å². The zero-order chi connectivity index (χ0) is 21.1. The van der Waals surface area contributed by atoms with E-state index in [2.05, 4.69) is 15.3 Å². The van der Waals surface area contributed by atoms with Gasteiger partial charge >= 0.3 is 0 Å². The monoisotopic (exact) mass is 408 g/mol. The Kier molecular flexibility index (Phi) is 5.70. The lowest BCUT2D eigenvalue weighted by Crippen LogP contribution is -2.39. The number of nitrogens with one attached hydrogen (secondary N) is 1. The number of hydrogen-bond acceptors (Lipinski definition) is 4. The summed E-state index contributed by atoms with van der Waals surface area (Å²) in [4.78, 5) is 23.3. The van der Waals surface area contributed by atoms with Gasteiger partial charge in [0.2, 0.25) is 5.95 Å². The maximum Gasteiger partial charge on any atom is 0.253 e. The van der Waals surface area contributed by atoms with Crippen LogP contribution in [0.5, 0.6) is 0 Å². The Hall–Kier alpha value is -3.35. The van der Waals surface area contributed by atoms with E-state index in [-0.39, 0.29) is 23.5 Å². The number of benzene rings is 2. The fraction of sp³-hybridized carbons (Fsp3) is 0.261. The lowest BCUT2D eigenvalue weighted by Gasteiger charge is -2.32. The minimum atomic E-state index is -0.383. The maximum absolute atomic E-state index is 13.9. The molecule has 30 heavy (non-hydrogen) atoms. The topological polar surface area (TPSA) is 58.1 Å². The van der Waals surface area contributed by atoms with Crippen LogP contribution in [-0.4, -0.2) is 33.9 Å². The third kappa shape index (κ3) is 4.30. The van der Waals surface area contributed by atoms with E-state index in [1.54, 1.807) is 48.4 Å². The zero-order valence-electron chi connectivity index (χ0n) is 16.6. The van der Waals surface area contributed by atoms with Gasteiger partial charge in [0.15, 0.2) is 0 Å². The second kappa shape index (κ2) is 8.57. The van der Waals surface area contributed by atoms with Gasteiger partial charge in [-0.1, -0.05) is 18.2 Å². The molecule has 3 aromatic rings. The molecule has 0 aliphatic carbocycles. The Bertz CT molecular complexity index is 1070. The van der Waals surface area contributed by atoms with Crippen molar-refractivity contribution in [1.29, 1.82) is 0 Å². The van der Waals surface area contributed by atoms with Gasteiger partial charge in [0.1, 0.15) is 11.6 Å². The number of nitrogens with zero attached hydrogens (tertiary/aromatic N) is 3. The molecule has 4 rings (SSSR count). The first-order valence-electron chi connectivity index (χ1n) is 9.91. The number of anilines is 2. The first-order chi connectivity index (χ1) is 14.5. The van der Waals surface area contributed by atoms with E-state index >= 15 is 0 Å². The van der Waals surface area contributed by atoms with E-state index in [0.717, 1.165) is 18.5 Å². The normalized spacial score (nSPS) is 16.4. The Morgan fingerprint density at radius 1 is 1.13 bits per heavy atom. The molecule has 1 aliphatic heterocycles. The van der Waals surface area contributed by atoms with Crippen molar-refractivity contribution in [1.82, 2.24) is 14.9 Å². The molecule has 2 heterocycles. The van der Waals surface area contributed by atoms with E-state index in [1.807, 2.05) is 6.07 Å². The lowest BCUT2D eigenvalue weighted by atomic mass is 9.94. The summed E-state index contributed by atoms with van der Waals surface area (Å²) in [5.41, 5.74) is 1.95. The number of rotatable bonds is 4. The van der Waals surface area contributed by atoms with Crippen LogP contribution in [0.15, 0.2) is 54.7 Å². The number of amides is 1. The minimum Gasteiger partial charge on any atom is -0.338 e. The van der Waals surface area contributed by atoms with Crippen molar-refractivity contribution in [3.63, 3.8) is 0 Å². The van der Waals surface area contributed by atoms with Crippen LogP contribution in [0.3, 0.4) is 0 Å². The lowest BCUT2D eigenvalue weighted by molar-refractivity contribution is 0.0705. The Morgan fingerprint density at radius 2 is 1.97 bits per heavy atom. The molecule has 2 aromatic carbocycles. The summed E-state index contributed by atoms with van der Waals surface area (Å²) >= 11 is 0. The molecule has 0 spiro atoms. The molecule has 1 saturated heterocycles. The summed E-state index contributed by atoms with van der Waals surface area (Å²) in [5, 5.41) is 2.90. The van der Waals surface area contributed by atoms with E-state index in [0.29, 0.717) is 35.9 Å². The van der Waals surface area contributed by atoms with Crippen LogP contribution in [0.1, 0.15) is 40.4 Å². The first kappa shape index (κ1) is 19.9. The Labute approximate surface area is 173 Å². The quantitative estimate of drug-likeness (QED) is 0.672. The second-order valence-electron chi connectivity index (χ2n) is 7.46. The van der Waals surface area contributed by atoms with E-state index in [1.165, 1.54) is 12.1 Å². The number of carbonyl (C=O) groups excluding carboxylic acids is 1. The van der Waals surface area contributed by atoms with Crippen LogP contribution in [0.4, 0.5) is 20.4 Å². The van der Waals surface area contributed by atoms with Crippen LogP contribution in [0.25, 0.3) is 0 Å². The van der Waals surface area contributed by atoms with Gasteiger partial charge in [-0.05, 0) is 55.7 Å². The number of piperidine rings is 1. The molecule has 0 saturated carbocycles. The van der Waals surface area contributed by atoms with Crippen molar-refractivity contribution in [2.75, 3.05) is 18.4 Å². The highest BCUT2D eigenvalue weighted by atomic mass is 19.1. The molecule has 1 aliphatic rings. The number of para-hydroxylation sites is 1. The maximum atomic E-state index is 13.9. The van der Waals surface area contributed by atoms with Gasteiger partial charge in [0.05, 0.1) is 11.4 Å². The number of aryl methyl sites for hydroxylation is 1. The highest BCUT2D eigenvalue weighted by Gasteiger charge is 2.27. The summed E-state index contributed by atoms with van der Waals surface area (Å²) in [6, 6.07) is 12.7. The molecule has 5 nitrogen and oxygen atoms in total. The number of aromatic nitrogens is 2. The fourth-order valence-electron chi connectivity index (χ4n) is 3.65. The van der Waals surface area contributed by atoms with E-state index in [4.69, 9.17) is 0 Å². The molecule has 1 atom stereocenters. The number of likely N-dealkylation sites (tertiary alicyclic amines) is 1. The van der Waals surface area contributed by atoms with Gasteiger partial charge in [-0.25, -0.2) is 18.7 Å². The van der Waals surface area contributed by atoms with Gasteiger partial charge < -0.3 is 10.2 Å². The summed E-state index contributed by atoms with van der Waals surface area (Å²) in [5.74, 6) is -0.610.